The molecule has 1 saturated carbocycles. The Balaban J connectivity index is 0.000000145. The molecule has 346 valence electrons. The highest BCUT2D eigenvalue weighted by Gasteiger charge is 2.24. The van der Waals surface area contributed by atoms with E-state index in [0.29, 0.717) is 10.9 Å². The molecule has 20 heteroatoms. The number of rotatable bonds is 11. The molecule has 0 bridgehead atoms. The fourth-order valence-corrected chi connectivity index (χ4v) is 10.2. The first-order valence-corrected chi connectivity index (χ1v) is 24.3. The van der Waals surface area contributed by atoms with Crippen LogP contribution in [-0.2, 0) is 28.2 Å². The van der Waals surface area contributed by atoms with Crippen LogP contribution in [0.15, 0.2) is 155 Å². The third-order valence-electron chi connectivity index (χ3n) is 12.0. The van der Waals surface area contributed by atoms with Gasteiger partial charge in [-0.25, -0.2) is 0 Å². The van der Waals surface area contributed by atoms with Gasteiger partial charge in [0.25, 0.3) is 0 Å². The number of hydrogen-bond acceptors (Lipinski definition) is 13. The molecule has 17 nitrogen and oxygen atoms in total. The van der Waals surface area contributed by atoms with Crippen molar-refractivity contribution < 1.29 is 4.74 Å². The highest BCUT2D eigenvalue weighted by molar-refractivity contribution is 7.99. The maximum atomic E-state index is 6.80. The fraction of sp³-hybridized carbons (Fsp3) is 0.160. The van der Waals surface area contributed by atoms with Crippen molar-refractivity contribution >= 4 is 68.2 Å². The maximum Gasteiger partial charge on any atom is 0.200 e. The van der Waals surface area contributed by atoms with Crippen molar-refractivity contribution in [3.63, 3.8) is 0 Å². The lowest BCUT2D eigenvalue weighted by molar-refractivity contribution is 0.304. The van der Waals surface area contributed by atoms with Crippen LogP contribution in [0.25, 0.3) is 77.6 Å². The summed E-state index contributed by atoms with van der Waals surface area (Å²) in [6.07, 6.45) is 25.5. The average molecular weight is 982 g/mol. The Kier molecular flexibility index (Phi) is 11.1. The Morgan fingerprint density at radius 1 is 0.514 bits per heavy atom. The van der Waals surface area contributed by atoms with Gasteiger partial charge in [0.15, 0.2) is 21.6 Å². The highest BCUT2D eigenvalue weighted by Crippen LogP contribution is 2.41. The number of aromatic nitrogens is 16. The third kappa shape index (κ3) is 8.62. The number of pyridine rings is 4. The van der Waals surface area contributed by atoms with Crippen LogP contribution in [0.2, 0.25) is 5.02 Å². The van der Waals surface area contributed by atoms with Crippen LogP contribution in [0.3, 0.4) is 0 Å². The molecule has 70 heavy (non-hydrogen) atoms. The summed E-state index contributed by atoms with van der Waals surface area (Å²) in [5.74, 6) is 1.50. The van der Waals surface area contributed by atoms with E-state index in [0.717, 1.165) is 110 Å². The van der Waals surface area contributed by atoms with Gasteiger partial charge in [-0.2, -0.15) is 20.4 Å². The first-order chi connectivity index (χ1) is 34.1. The summed E-state index contributed by atoms with van der Waals surface area (Å²) in [5, 5.41) is 38.8. The first-order valence-electron chi connectivity index (χ1n) is 22.3. The summed E-state index contributed by atoms with van der Waals surface area (Å²) in [5.41, 5.74) is 11.2. The number of hydrogen-bond donors (Lipinski definition) is 0. The van der Waals surface area contributed by atoms with Crippen molar-refractivity contribution in [1.82, 2.24) is 78.3 Å². The quantitative estimate of drug-likeness (QED) is 0.120. The van der Waals surface area contributed by atoms with Gasteiger partial charge in [0.1, 0.15) is 5.75 Å². The number of aryl methyl sites for hydroxylation is 4. The van der Waals surface area contributed by atoms with Crippen LogP contribution >= 0.6 is 35.1 Å². The standard InChI is InChI=1S/C27H24N8OS.C23H17ClN8S/c1-33-13-19(10-29-33)18-5-8-25-31-32-27(35(25)15-18)37-21-6-7-24-22(9-21)26(36-16-17-3-4-17)23(12-28-24)20-11-30-34(2)14-20;1-30-11-15(8-26-30)14-3-6-21-28-29-23(32(21)13-14)33-17-4-5-20-18(7-17)22(24)19(10-25-20)16-9-27-31(2)12-16/h5-15,17H,3-4,16H2,1-2H3;3-13H,1-2H3. The molecule has 1 aliphatic rings. The van der Waals surface area contributed by atoms with Crippen LogP contribution in [0.1, 0.15) is 12.8 Å². The zero-order valence-corrected chi connectivity index (χ0v) is 40.5. The second kappa shape index (κ2) is 17.9. The summed E-state index contributed by atoms with van der Waals surface area (Å²) in [4.78, 5) is 11.4. The minimum atomic E-state index is 0.638. The van der Waals surface area contributed by atoms with Gasteiger partial charge in [-0.1, -0.05) is 11.6 Å². The van der Waals surface area contributed by atoms with Crippen LogP contribution < -0.4 is 4.74 Å². The Hall–Kier alpha value is -7.87. The molecular weight excluding hydrogens is 940 g/mol. The molecule has 2 aromatic carbocycles. The number of nitrogens with zero attached hydrogens (tertiary/aromatic N) is 16. The molecule has 0 radical (unpaired) electrons. The van der Waals surface area contributed by atoms with E-state index in [9.17, 15) is 0 Å². The van der Waals surface area contributed by atoms with E-state index in [1.165, 1.54) is 24.6 Å². The van der Waals surface area contributed by atoms with E-state index in [4.69, 9.17) is 21.3 Å². The SMILES string of the molecule is Cn1cc(-c2ccc3nnc(Sc4ccc5ncc(-c6cnn(C)c6)c(Cl)c5c4)n3c2)cn1.Cn1cc(-c2ccc3nnc(Sc4ccc5ncc(-c6cnn(C)c6)c(OCC6CC6)c5c4)n3c2)cn1. The first kappa shape index (κ1) is 43.4. The maximum absolute atomic E-state index is 6.80. The number of benzene rings is 2. The summed E-state index contributed by atoms with van der Waals surface area (Å²) < 4.78 is 17.6. The predicted molar refractivity (Wildman–Crippen MR) is 270 cm³/mol. The molecule has 13 rings (SSSR count). The molecule has 1 aliphatic carbocycles. The molecule has 0 aliphatic heterocycles. The molecule has 0 unspecified atom stereocenters. The lowest BCUT2D eigenvalue weighted by atomic mass is 10.1. The lowest BCUT2D eigenvalue weighted by Gasteiger charge is -2.14. The van der Waals surface area contributed by atoms with Crippen molar-refractivity contribution in [1.29, 1.82) is 0 Å². The summed E-state index contributed by atoms with van der Waals surface area (Å²) >= 11 is 9.89. The van der Waals surface area contributed by atoms with Crippen molar-refractivity contribution in [2.45, 2.75) is 32.9 Å². The molecule has 1 fully saturated rings. The lowest BCUT2D eigenvalue weighted by Crippen LogP contribution is -2.02. The Bertz CT molecular complexity index is 3920. The molecular formula is C50H41ClN16OS2. The van der Waals surface area contributed by atoms with E-state index < -0.39 is 0 Å². The van der Waals surface area contributed by atoms with Gasteiger partial charge in [0, 0.05) is 143 Å². The molecule has 0 atom stereocenters. The Morgan fingerprint density at radius 3 is 1.49 bits per heavy atom. The monoisotopic (exact) mass is 980 g/mol. The van der Waals surface area contributed by atoms with E-state index in [1.54, 1.807) is 42.9 Å². The second-order valence-electron chi connectivity index (χ2n) is 17.2. The zero-order chi connectivity index (χ0) is 47.5. The summed E-state index contributed by atoms with van der Waals surface area (Å²) in [6, 6.07) is 20.3. The summed E-state index contributed by atoms with van der Waals surface area (Å²) in [6.45, 7) is 0.718. The summed E-state index contributed by atoms with van der Waals surface area (Å²) in [7, 11) is 7.61. The van der Waals surface area contributed by atoms with Crippen LogP contribution in [0.5, 0.6) is 5.75 Å². The predicted octanol–water partition coefficient (Wildman–Crippen LogP) is 9.90. The minimum Gasteiger partial charge on any atom is -0.492 e. The van der Waals surface area contributed by atoms with Gasteiger partial charge in [0.2, 0.25) is 0 Å². The molecule has 0 N–H and O–H groups in total. The van der Waals surface area contributed by atoms with E-state index in [1.807, 2.05) is 141 Å². The Morgan fingerprint density at radius 2 is 0.986 bits per heavy atom. The second-order valence-corrected chi connectivity index (χ2v) is 19.6. The highest BCUT2D eigenvalue weighted by atomic mass is 35.5. The molecule has 0 spiro atoms. The van der Waals surface area contributed by atoms with Gasteiger partial charge in [-0.3, -0.25) is 37.5 Å². The smallest absolute Gasteiger partial charge is 0.200 e. The normalized spacial score (nSPS) is 12.6. The van der Waals surface area contributed by atoms with E-state index in [2.05, 4.69) is 64.1 Å². The van der Waals surface area contributed by atoms with Crippen LogP contribution in [-0.4, -0.2) is 84.9 Å². The fourth-order valence-electron chi connectivity index (χ4n) is 8.15. The molecule has 12 aromatic rings. The number of fused-ring (bicyclic) bond motifs is 4. The van der Waals surface area contributed by atoms with Gasteiger partial charge in [-0.15, -0.1) is 20.4 Å². The van der Waals surface area contributed by atoms with Gasteiger partial charge in [-0.05, 0) is 103 Å². The van der Waals surface area contributed by atoms with Crippen molar-refractivity contribution in [2.24, 2.45) is 34.1 Å². The topological polar surface area (TPSA) is 167 Å². The molecule has 10 heterocycles. The molecule has 10 aromatic heterocycles. The van der Waals surface area contributed by atoms with Crippen LogP contribution in [0.4, 0.5) is 0 Å². The van der Waals surface area contributed by atoms with Crippen molar-refractivity contribution in [2.75, 3.05) is 6.61 Å². The van der Waals surface area contributed by atoms with Crippen LogP contribution in [0, 0.1) is 5.92 Å². The third-order valence-corrected chi connectivity index (χ3v) is 14.3. The molecule has 0 amide bonds. The van der Waals surface area contributed by atoms with Gasteiger partial charge >= 0.3 is 0 Å². The number of halogens is 1. The van der Waals surface area contributed by atoms with Crippen molar-refractivity contribution in [3.05, 3.63) is 140 Å². The molecule has 0 saturated heterocycles. The van der Waals surface area contributed by atoms with Gasteiger partial charge < -0.3 is 4.74 Å². The van der Waals surface area contributed by atoms with Crippen molar-refractivity contribution in [3.8, 4) is 50.3 Å². The van der Waals surface area contributed by atoms with E-state index >= 15 is 0 Å². The number of ether oxygens (including phenoxy) is 1. The minimum absolute atomic E-state index is 0.638. The average Bonchev–Trinajstić information content (AvgIpc) is 4.02. The largest absolute Gasteiger partial charge is 0.492 e. The van der Waals surface area contributed by atoms with E-state index in [-0.39, 0.29) is 0 Å². The Labute approximate surface area is 413 Å². The zero-order valence-electron chi connectivity index (χ0n) is 38.2. The van der Waals surface area contributed by atoms with Gasteiger partial charge in [0.05, 0.1) is 47.5 Å².